The fourth-order valence-corrected chi connectivity index (χ4v) is 3.40. The monoisotopic (exact) mass is 359 g/mol. The third kappa shape index (κ3) is 4.18. The fraction of sp³-hybridized carbons (Fsp3) is 0.368. The highest BCUT2D eigenvalue weighted by Crippen LogP contribution is 2.23. The predicted molar refractivity (Wildman–Crippen MR) is 99.1 cm³/mol. The molecular formula is C19H22ClN3O2. The summed E-state index contributed by atoms with van der Waals surface area (Å²) in [7, 11) is 0. The van der Waals surface area contributed by atoms with Crippen LogP contribution in [-0.2, 0) is 24.4 Å². The standard InChI is InChI=1S/C19H21N3O2.ClH/c23-19(22-18-2-1-15-11-24-12-17(15)7-18)16-6-14(9-21-10-16)5-13-3-4-20-8-13;/h1-2,6-7,9-10,13,20H,3-5,8,11-12H2,(H,22,23);1H. The Balaban J connectivity index is 0.00000182. The Labute approximate surface area is 153 Å². The van der Waals surface area contributed by atoms with Crippen LogP contribution in [0.25, 0.3) is 0 Å². The molecule has 1 fully saturated rings. The third-order valence-electron chi connectivity index (χ3n) is 4.72. The number of rotatable bonds is 4. The van der Waals surface area contributed by atoms with Crippen molar-refractivity contribution < 1.29 is 9.53 Å². The summed E-state index contributed by atoms with van der Waals surface area (Å²) in [6.45, 7) is 3.41. The number of hydrogen-bond acceptors (Lipinski definition) is 4. The molecule has 1 unspecified atom stereocenters. The first-order chi connectivity index (χ1) is 11.8. The Bertz CT molecular complexity index is 760. The number of carbonyl (C=O) groups excluding carboxylic acids is 1. The Hall–Kier alpha value is -1.95. The van der Waals surface area contributed by atoms with Gasteiger partial charge < -0.3 is 15.4 Å². The van der Waals surface area contributed by atoms with Crippen molar-refractivity contribution in [2.24, 2.45) is 5.92 Å². The van der Waals surface area contributed by atoms with Crippen LogP contribution in [0.2, 0.25) is 0 Å². The molecule has 1 aromatic heterocycles. The van der Waals surface area contributed by atoms with Crippen LogP contribution in [0.4, 0.5) is 5.69 Å². The molecule has 0 aliphatic carbocycles. The van der Waals surface area contributed by atoms with Crippen LogP contribution in [0.15, 0.2) is 36.7 Å². The van der Waals surface area contributed by atoms with E-state index in [-0.39, 0.29) is 18.3 Å². The Morgan fingerprint density at radius 2 is 2.12 bits per heavy atom. The highest BCUT2D eigenvalue weighted by molar-refractivity contribution is 6.04. The second-order valence-electron chi connectivity index (χ2n) is 6.58. The summed E-state index contributed by atoms with van der Waals surface area (Å²) in [5.74, 6) is 0.523. The molecule has 1 atom stereocenters. The fourth-order valence-electron chi connectivity index (χ4n) is 3.40. The average molecular weight is 360 g/mol. The summed E-state index contributed by atoms with van der Waals surface area (Å²) in [4.78, 5) is 16.8. The normalized spacial score (nSPS) is 18.5. The van der Waals surface area contributed by atoms with Crippen LogP contribution in [0.3, 0.4) is 0 Å². The van der Waals surface area contributed by atoms with Gasteiger partial charge in [0.1, 0.15) is 0 Å². The van der Waals surface area contributed by atoms with Crippen molar-refractivity contribution in [1.82, 2.24) is 10.3 Å². The SMILES string of the molecule is Cl.O=C(Nc1ccc2c(c1)COC2)c1cncc(CC2CCNC2)c1. The van der Waals surface area contributed by atoms with Gasteiger partial charge in [-0.2, -0.15) is 0 Å². The molecule has 25 heavy (non-hydrogen) atoms. The molecule has 1 aromatic carbocycles. The first-order valence-electron chi connectivity index (χ1n) is 8.43. The van der Waals surface area contributed by atoms with Crippen molar-refractivity contribution in [2.45, 2.75) is 26.1 Å². The number of halogens is 1. The number of benzene rings is 1. The lowest BCUT2D eigenvalue weighted by Crippen LogP contribution is -2.14. The van der Waals surface area contributed by atoms with Gasteiger partial charge in [-0.15, -0.1) is 12.4 Å². The molecule has 2 aliphatic rings. The van der Waals surface area contributed by atoms with Crippen molar-refractivity contribution in [3.8, 4) is 0 Å². The van der Waals surface area contributed by atoms with E-state index < -0.39 is 0 Å². The van der Waals surface area contributed by atoms with E-state index in [2.05, 4.69) is 15.6 Å². The van der Waals surface area contributed by atoms with Crippen LogP contribution in [-0.4, -0.2) is 24.0 Å². The average Bonchev–Trinajstić information content (AvgIpc) is 3.26. The first-order valence-corrected chi connectivity index (χ1v) is 8.43. The highest BCUT2D eigenvalue weighted by atomic mass is 35.5. The molecular weight excluding hydrogens is 338 g/mol. The number of pyridine rings is 1. The minimum absolute atomic E-state index is 0. The van der Waals surface area contributed by atoms with Crippen molar-refractivity contribution >= 4 is 24.0 Å². The van der Waals surface area contributed by atoms with E-state index in [4.69, 9.17) is 4.74 Å². The molecule has 6 heteroatoms. The van der Waals surface area contributed by atoms with Gasteiger partial charge in [0.15, 0.2) is 0 Å². The van der Waals surface area contributed by atoms with Crippen LogP contribution >= 0.6 is 12.4 Å². The molecule has 3 heterocycles. The largest absolute Gasteiger partial charge is 0.372 e. The lowest BCUT2D eigenvalue weighted by atomic mass is 9.99. The van der Waals surface area contributed by atoms with Crippen molar-refractivity contribution in [3.63, 3.8) is 0 Å². The van der Waals surface area contributed by atoms with Crippen molar-refractivity contribution in [1.29, 1.82) is 0 Å². The maximum Gasteiger partial charge on any atom is 0.257 e. The summed E-state index contributed by atoms with van der Waals surface area (Å²) in [6, 6.07) is 7.88. The zero-order valence-corrected chi connectivity index (χ0v) is 14.8. The van der Waals surface area contributed by atoms with E-state index >= 15 is 0 Å². The lowest BCUT2D eigenvalue weighted by molar-refractivity contribution is 0.102. The topological polar surface area (TPSA) is 63.2 Å². The number of fused-ring (bicyclic) bond motifs is 1. The van der Waals surface area contributed by atoms with Gasteiger partial charge in [-0.1, -0.05) is 6.07 Å². The molecule has 4 rings (SSSR count). The molecule has 1 saturated heterocycles. The zero-order chi connectivity index (χ0) is 16.4. The van der Waals surface area contributed by atoms with E-state index in [0.717, 1.165) is 36.3 Å². The summed E-state index contributed by atoms with van der Waals surface area (Å²) in [6.07, 6.45) is 5.65. The number of aromatic nitrogens is 1. The molecule has 0 spiro atoms. The second-order valence-corrected chi connectivity index (χ2v) is 6.58. The molecule has 5 nitrogen and oxygen atoms in total. The van der Waals surface area contributed by atoms with Gasteiger partial charge in [-0.3, -0.25) is 9.78 Å². The van der Waals surface area contributed by atoms with E-state index in [1.807, 2.05) is 30.5 Å². The quantitative estimate of drug-likeness (QED) is 0.881. The number of hydrogen-bond donors (Lipinski definition) is 2. The minimum Gasteiger partial charge on any atom is -0.372 e. The molecule has 1 amide bonds. The van der Waals surface area contributed by atoms with Crippen molar-refractivity contribution in [3.05, 3.63) is 58.9 Å². The molecule has 0 radical (unpaired) electrons. The van der Waals surface area contributed by atoms with Crippen molar-refractivity contribution in [2.75, 3.05) is 18.4 Å². The summed E-state index contributed by atoms with van der Waals surface area (Å²) in [5.41, 5.74) is 4.87. The van der Waals surface area contributed by atoms with Crippen LogP contribution in [0.1, 0.15) is 33.5 Å². The lowest BCUT2D eigenvalue weighted by Gasteiger charge is -2.10. The Kier molecular flexibility index (Phi) is 5.68. The molecule has 2 N–H and O–H groups in total. The highest BCUT2D eigenvalue weighted by Gasteiger charge is 2.17. The van der Waals surface area contributed by atoms with Crippen LogP contribution < -0.4 is 10.6 Å². The number of anilines is 1. The maximum atomic E-state index is 12.5. The number of nitrogens with zero attached hydrogens (tertiary/aromatic N) is 1. The number of ether oxygens (including phenoxy) is 1. The summed E-state index contributed by atoms with van der Waals surface area (Å²) < 4.78 is 5.41. The predicted octanol–water partition coefficient (Wildman–Crippen LogP) is 2.94. The van der Waals surface area contributed by atoms with E-state index in [0.29, 0.717) is 24.7 Å². The Morgan fingerprint density at radius 1 is 1.24 bits per heavy atom. The molecule has 132 valence electrons. The van der Waals surface area contributed by atoms with E-state index in [9.17, 15) is 4.79 Å². The van der Waals surface area contributed by atoms with Gasteiger partial charge >= 0.3 is 0 Å². The number of nitrogens with one attached hydrogen (secondary N) is 2. The van der Waals surface area contributed by atoms with Gasteiger partial charge in [0.2, 0.25) is 0 Å². The zero-order valence-electron chi connectivity index (χ0n) is 14.0. The van der Waals surface area contributed by atoms with Crippen LogP contribution in [0.5, 0.6) is 0 Å². The van der Waals surface area contributed by atoms with Gasteiger partial charge in [-0.05, 0) is 66.7 Å². The second kappa shape index (κ2) is 7.95. The summed E-state index contributed by atoms with van der Waals surface area (Å²) >= 11 is 0. The maximum absolute atomic E-state index is 12.5. The smallest absolute Gasteiger partial charge is 0.257 e. The van der Waals surface area contributed by atoms with Crippen LogP contribution in [0, 0.1) is 5.92 Å². The Morgan fingerprint density at radius 3 is 2.96 bits per heavy atom. The van der Waals surface area contributed by atoms with Gasteiger partial charge in [-0.25, -0.2) is 0 Å². The summed E-state index contributed by atoms with van der Waals surface area (Å²) in [5, 5.41) is 6.34. The third-order valence-corrected chi connectivity index (χ3v) is 4.72. The van der Waals surface area contributed by atoms with E-state index in [1.165, 1.54) is 12.0 Å². The van der Waals surface area contributed by atoms with Gasteiger partial charge in [0.05, 0.1) is 18.8 Å². The number of amides is 1. The minimum atomic E-state index is -0.118. The van der Waals surface area contributed by atoms with Gasteiger partial charge in [0.25, 0.3) is 5.91 Å². The van der Waals surface area contributed by atoms with Gasteiger partial charge in [0, 0.05) is 18.1 Å². The molecule has 2 aliphatic heterocycles. The first kappa shape index (κ1) is 17.9. The molecule has 0 bridgehead atoms. The molecule has 2 aromatic rings. The van der Waals surface area contributed by atoms with E-state index in [1.54, 1.807) is 6.20 Å². The molecule has 0 saturated carbocycles. The number of carbonyl (C=O) groups is 1.